The minimum atomic E-state index is 0.372. The maximum Gasteiger partial charge on any atom is 0.119 e. The molecule has 2 aromatic carbocycles. The third-order valence-electron chi connectivity index (χ3n) is 3.71. The Morgan fingerprint density at radius 1 is 1.21 bits per heavy atom. The summed E-state index contributed by atoms with van der Waals surface area (Å²) in [7, 11) is 0. The van der Waals surface area contributed by atoms with Crippen molar-refractivity contribution in [3.05, 3.63) is 71.4 Å². The normalized spacial score (nSPS) is 10.6. The van der Waals surface area contributed by atoms with E-state index >= 15 is 0 Å². The summed E-state index contributed by atoms with van der Waals surface area (Å²) in [5.41, 5.74) is 3.61. The summed E-state index contributed by atoms with van der Waals surface area (Å²) >= 11 is 0. The molecule has 0 N–H and O–H groups in total. The van der Waals surface area contributed by atoms with Crippen molar-refractivity contribution in [3.63, 3.8) is 0 Å². The molecule has 0 spiro atoms. The zero-order valence-corrected chi connectivity index (χ0v) is 14.0. The molecule has 0 atom stereocenters. The molecule has 0 aliphatic rings. The van der Waals surface area contributed by atoms with Crippen molar-refractivity contribution >= 4 is 5.69 Å². The van der Waals surface area contributed by atoms with Gasteiger partial charge >= 0.3 is 0 Å². The Morgan fingerprint density at radius 2 is 1.92 bits per heavy atom. The quantitative estimate of drug-likeness (QED) is 0.736. The van der Waals surface area contributed by atoms with Gasteiger partial charge in [0.05, 0.1) is 11.6 Å². The fourth-order valence-electron chi connectivity index (χ4n) is 2.47. The molecule has 0 amide bonds. The first-order valence-corrected chi connectivity index (χ1v) is 7.81. The van der Waals surface area contributed by atoms with E-state index in [2.05, 4.69) is 23.8 Å². The Hall–Kier alpha value is -3.17. The Morgan fingerprint density at radius 3 is 2.54 bits per heavy atom. The molecule has 0 radical (unpaired) electrons. The van der Waals surface area contributed by atoms with Crippen LogP contribution in [0.3, 0.4) is 0 Å². The SMILES string of the molecule is C#C/C=C(/C)N(CC)c1ccc(OCc2ccccc2C#N)cc1. The lowest BCUT2D eigenvalue weighted by Gasteiger charge is -2.23. The lowest BCUT2D eigenvalue weighted by Crippen LogP contribution is -2.19. The van der Waals surface area contributed by atoms with E-state index in [4.69, 9.17) is 16.4 Å². The van der Waals surface area contributed by atoms with Gasteiger partial charge in [0.2, 0.25) is 0 Å². The highest BCUT2D eigenvalue weighted by molar-refractivity contribution is 5.54. The number of anilines is 1. The summed E-state index contributed by atoms with van der Waals surface area (Å²) in [6.45, 7) is 5.28. The number of nitrogens with zero attached hydrogens (tertiary/aromatic N) is 2. The zero-order chi connectivity index (χ0) is 17.4. The smallest absolute Gasteiger partial charge is 0.119 e. The summed E-state index contributed by atoms with van der Waals surface area (Å²) < 4.78 is 5.79. The molecule has 2 rings (SSSR count). The molecule has 3 heteroatoms. The van der Waals surface area contributed by atoms with Crippen LogP contribution in [0, 0.1) is 23.7 Å². The number of rotatable bonds is 6. The molecule has 0 unspecified atom stereocenters. The van der Waals surface area contributed by atoms with Crippen LogP contribution in [-0.4, -0.2) is 6.54 Å². The summed E-state index contributed by atoms with van der Waals surface area (Å²) in [6.07, 6.45) is 7.10. The van der Waals surface area contributed by atoms with Crippen LogP contribution < -0.4 is 9.64 Å². The molecule has 0 aliphatic heterocycles. The number of terminal acetylenes is 1. The molecule has 2 aromatic rings. The number of nitriles is 1. The molecular weight excluding hydrogens is 296 g/mol. The van der Waals surface area contributed by atoms with E-state index in [-0.39, 0.29) is 0 Å². The predicted molar refractivity (Wildman–Crippen MR) is 97.5 cm³/mol. The fourth-order valence-corrected chi connectivity index (χ4v) is 2.47. The number of hydrogen-bond acceptors (Lipinski definition) is 3. The molecular formula is C21H20N2O. The lowest BCUT2D eigenvalue weighted by atomic mass is 10.1. The van der Waals surface area contributed by atoms with Gasteiger partial charge in [-0.2, -0.15) is 5.26 Å². The number of ether oxygens (including phenoxy) is 1. The van der Waals surface area contributed by atoms with E-state index in [9.17, 15) is 0 Å². The van der Waals surface area contributed by atoms with Gasteiger partial charge in [-0.3, -0.25) is 0 Å². The second-order valence-electron chi connectivity index (χ2n) is 5.25. The first kappa shape index (κ1) is 17.2. The topological polar surface area (TPSA) is 36.3 Å². The van der Waals surface area contributed by atoms with Crippen LogP contribution in [-0.2, 0) is 6.61 Å². The minimum Gasteiger partial charge on any atom is -0.489 e. The third kappa shape index (κ3) is 4.18. The van der Waals surface area contributed by atoms with Crippen molar-refractivity contribution in [2.24, 2.45) is 0 Å². The molecule has 120 valence electrons. The Balaban J connectivity index is 2.08. The van der Waals surface area contributed by atoms with Crippen molar-refractivity contribution in [2.75, 3.05) is 11.4 Å². The second-order valence-corrected chi connectivity index (χ2v) is 5.25. The molecule has 0 saturated heterocycles. The molecule has 0 heterocycles. The van der Waals surface area contributed by atoms with Crippen molar-refractivity contribution in [3.8, 4) is 24.2 Å². The minimum absolute atomic E-state index is 0.372. The standard InChI is InChI=1S/C21H20N2O/c1-4-8-17(3)23(5-2)20-11-13-21(14-12-20)24-16-19-10-7-6-9-18(19)15-22/h1,6-14H,5,16H2,2-3H3/b17-8-. The van der Waals surface area contributed by atoms with Crippen LogP contribution in [0.25, 0.3) is 0 Å². The Kier molecular flexibility index (Phi) is 6.06. The Bertz CT molecular complexity index is 792. The number of benzene rings is 2. The van der Waals surface area contributed by atoms with Crippen molar-refractivity contribution < 1.29 is 4.74 Å². The van der Waals surface area contributed by atoms with E-state index in [0.717, 1.165) is 29.2 Å². The maximum absolute atomic E-state index is 9.11. The molecule has 3 nitrogen and oxygen atoms in total. The van der Waals surface area contributed by atoms with Gasteiger partial charge in [-0.1, -0.05) is 24.1 Å². The molecule has 0 saturated carbocycles. The predicted octanol–water partition coefficient (Wildman–Crippen LogP) is 4.50. The first-order valence-electron chi connectivity index (χ1n) is 7.81. The van der Waals surface area contributed by atoms with Crippen molar-refractivity contribution in [2.45, 2.75) is 20.5 Å². The number of allylic oxidation sites excluding steroid dienone is 2. The molecule has 24 heavy (non-hydrogen) atoms. The van der Waals surface area contributed by atoms with E-state index in [1.165, 1.54) is 0 Å². The van der Waals surface area contributed by atoms with E-state index in [0.29, 0.717) is 12.2 Å². The van der Waals surface area contributed by atoms with Gasteiger partial charge in [0.25, 0.3) is 0 Å². The summed E-state index contributed by atoms with van der Waals surface area (Å²) in [5.74, 6) is 3.32. The average Bonchev–Trinajstić information content (AvgIpc) is 2.62. The van der Waals surface area contributed by atoms with Crippen molar-refractivity contribution in [1.82, 2.24) is 0 Å². The Labute approximate surface area is 143 Å². The van der Waals surface area contributed by atoms with Crippen LogP contribution in [0.2, 0.25) is 0 Å². The highest BCUT2D eigenvalue weighted by Crippen LogP contribution is 2.23. The van der Waals surface area contributed by atoms with Gasteiger partial charge in [0.1, 0.15) is 12.4 Å². The van der Waals surface area contributed by atoms with Gasteiger partial charge in [0.15, 0.2) is 0 Å². The van der Waals surface area contributed by atoms with Crippen LogP contribution in [0.4, 0.5) is 5.69 Å². The van der Waals surface area contributed by atoms with Crippen LogP contribution >= 0.6 is 0 Å². The van der Waals surface area contributed by atoms with Gasteiger partial charge in [-0.15, -0.1) is 6.42 Å². The fraction of sp³-hybridized carbons (Fsp3) is 0.190. The lowest BCUT2D eigenvalue weighted by molar-refractivity contribution is 0.306. The summed E-state index contributed by atoms with van der Waals surface area (Å²) in [6, 6.07) is 17.5. The van der Waals surface area contributed by atoms with Gasteiger partial charge in [0, 0.05) is 29.6 Å². The second kappa shape index (κ2) is 8.46. The van der Waals surface area contributed by atoms with E-state index in [1.54, 1.807) is 12.1 Å². The average molecular weight is 316 g/mol. The highest BCUT2D eigenvalue weighted by Gasteiger charge is 2.07. The monoisotopic (exact) mass is 316 g/mol. The summed E-state index contributed by atoms with van der Waals surface area (Å²) in [4.78, 5) is 2.13. The molecule has 0 aliphatic carbocycles. The van der Waals surface area contributed by atoms with Crippen LogP contribution in [0.15, 0.2) is 60.3 Å². The molecule has 0 aromatic heterocycles. The summed E-state index contributed by atoms with van der Waals surface area (Å²) in [5, 5.41) is 9.11. The van der Waals surface area contributed by atoms with E-state index < -0.39 is 0 Å². The highest BCUT2D eigenvalue weighted by atomic mass is 16.5. The van der Waals surface area contributed by atoms with Gasteiger partial charge < -0.3 is 9.64 Å². The molecule has 0 fully saturated rings. The zero-order valence-electron chi connectivity index (χ0n) is 14.0. The first-order chi connectivity index (χ1) is 11.7. The molecule has 0 bridgehead atoms. The van der Waals surface area contributed by atoms with E-state index in [1.807, 2.05) is 49.4 Å². The van der Waals surface area contributed by atoms with Crippen LogP contribution in [0.1, 0.15) is 25.0 Å². The number of hydrogen-bond donors (Lipinski definition) is 0. The maximum atomic E-state index is 9.11. The largest absolute Gasteiger partial charge is 0.489 e. The van der Waals surface area contributed by atoms with Crippen LogP contribution in [0.5, 0.6) is 5.75 Å². The van der Waals surface area contributed by atoms with Gasteiger partial charge in [-0.05, 0) is 44.2 Å². The van der Waals surface area contributed by atoms with Gasteiger partial charge in [-0.25, -0.2) is 0 Å². The third-order valence-corrected chi connectivity index (χ3v) is 3.71. The van der Waals surface area contributed by atoms with Crippen molar-refractivity contribution in [1.29, 1.82) is 5.26 Å².